The molecule has 0 bridgehead atoms. The summed E-state index contributed by atoms with van der Waals surface area (Å²) in [4.78, 5) is 4.37. The number of furan rings is 1. The highest BCUT2D eigenvalue weighted by atomic mass is 32.2. The third kappa shape index (κ3) is 3.83. The van der Waals surface area contributed by atoms with E-state index in [9.17, 15) is 8.78 Å². The van der Waals surface area contributed by atoms with E-state index in [1.807, 2.05) is 24.3 Å². The van der Waals surface area contributed by atoms with Gasteiger partial charge in [0.2, 0.25) is 5.13 Å². The van der Waals surface area contributed by atoms with Gasteiger partial charge in [0.25, 0.3) is 5.76 Å². The number of benzene rings is 1. The SMILES string of the molecule is FC(F)SCc1ccc(/C=N\Nc2nc3ccccc3s2)o1. The number of thiazole rings is 1. The molecule has 114 valence electrons. The van der Waals surface area contributed by atoms with Gasteiger partial charge in [-0.05, 0) is 24.3 Å². The Labute approximate surface area is 133 Å². The van der Waals surface area contributed by atoms with Crippen LogP contribution in [0.4, 0.5) is 13.9 Å². The number of fused-ring (bicyclic) bond motifs is 1. The maximum absolute atomic E-state index is 12.1. The van der Waals surface area contributed by atoms with Gasteiger partial charge in [0.05, 0.1) is 22.2 Å². The number of nitrogens with one attached hydrogen (secondary N) is 1. The van der Waals surface area contributed by atoms with E-state index in [4.69, 9.17) is 4.42 Å². The zero-order valence-electron chi connectivity index (χ0n) is 11.2. The Morgan fingerprint density at radius 2 is 2.18 bits per heavy atom. The van der Waals surface area contributed by atoms with Crippen molar-refractivity contribution in [1.82, 2.24) is 4.98 Å². The zero-order valence-corrected chi connectivity index (χ0v) is 12.8. The van der Waals surface area contributed by atoms with Gasteiger partial charge in [-0.25, -0.2) is 4.98 Å². The Kier molecular flexibility index (Phi) is 4.69. The third-order valence-electron chi connectivity index (χ3n) is 2.68. The van der Waals surface area contributed by atoms with Crippen LogP contribution in [0.5, 0.6) is 0 Å². The Hall–Kier alpha value is -1.93. The lowest BCUT2D eigenvalue weighted by molar-refractivity contribution is 0.251. The molecule has 0 atom stereocenters. The minimum Gasteiger partial charge on any atom is -0.459 e. The average Bonchev–Trinajstić information content (AvgIpc) is 3.11. The summed E-state index contributed by atoms with van der Waals surface area (Å²) in [6, 6.07) is 11.1. The van der Waals surface area contributed by atoms with Gasteiger partial charge < -0.3 is 4.42 Å². The second-order valence-corrected chi connectivity index (χ2v) is 6.24. The monoisotopic (exact) mass is 339 g/mol. The molecule has 0 aliphatic carbocycles. The van der Waals surface area contributed by atoms with Crippen molar-refractivity contribution in [2.75, 3.05) is 5.43 Å². The minimum absolute atomic E-state index is 0.136. The average molecular weight is 339 g/mol. The molecule has 0 saturated carbocycles. The van der Waals surface area contributed by atoms with E-state index in [0.717, 1.165) is 10.2 Å². The van der Waals surface area contributed by atoms with Crippen molar-refractivity contribution >= 4 is 44.7 Å². The summed E-state index contributed by atoms with van der Waals surface area (Å²) >= 11 is 2.02. The van der Waals surface area contributed by atoms with Crippen LogP contribution in [0.2, 0.25) is 0 Å². The number of alkyl halides is 2. The highest BCUT2D eigenvalue weighted by molar-refractivity contribution is 7.98. The van der Waals surface area contributed by atoms with Gasteiger partial charge in [-0.3, -0.25) is 5.43 Å². The number of anilines is 1. The van der Waals surface area contributed by atoms with Crippen LogP contribution in [0.1, 0.15) is 11.5 Å². The Morgan fingerprint density at radius 3 is 3.00 bits per heavy atom. The summed E-state index contributed by atoms with van der Waals surface area (Å²) in [7, 11) is 0. The highest BCUT2D eigenvalue weighted by Gasteiger charge is 2.06. The number of hydrogen-bond donors (Lipinski definition) is 1. The molecule has 0 aliphatic heterocycles. The van der Waals surface area contributed by atoms with Crippen LogP contribution in [0, 0.1) is 0 Å². The van der Waals surface area contributed by atoms with Crippen LogP contribution in [0.3, 0.4) is 0 Å². The first-order valence-corrected chi connectivity index (χ1v) is 8.20. The maximum atomic E-state index is 12.1. The van der Waals surface area contributed by atoms with Gasteiger partial charge in [0.15, 0.2) is 0 Å². The molecule has 2 heterocycles. The van der Waals surface area contributed by atoms with E-state index in [0.29, 0.717) is 28.4 Å². The molecular formula is C14H11F2N3OS2. The van der Waals surface area contributed by atoms with E-state index in [1.165, 1.54) is 17.6 Å². The standard InChI is InChI=1S/C14H11F2N3OS2/c15-13(16)21-8-10-6-5-9(20-10)7-17-19-14-18-11-3-1-2-4-12(11)22-14/h1-7,13H,8H2,(H,18,19)/b17-7-. The van der Waals surface area contributed by atoms with Gasteiger partial charge >= 0.3 is 0 Å². The van der Waals surface area contributed by atoms with E-state index >= 15 is 0 Å². The smallest absolute Gasteiger partial charge is 0.284 e. The Balaban J connectivity index is 1.59. The molecular weight excluding hydrogens is 328 g/mol. The van der Waals surface area contributed by atoms with Crippen molar-refractivity contribution in [3.8, 4) is 0 Å². The molecule has 4 nitrogen and oxygen atoms in total. The predicted molar refractivity (Wildman–Crippen MR) is 86.8 cm³/mol. The molecule has 3 rings (SSSR count). The summed E-state index contributed by atoms with van der Waals surface area (Å²) < 4.78 is 30.6. The van der Waals surface area contributed by atoms with Crippen LogP contribution in [-0.4, -0.2) is 17.0 Å². The molecule has 2 aromatic heterocycles. The fourth-order valence-corrected chi connectivity index (χ4v) is 3.02. The van der Waals surface area contributed by atoms with Crippen LogP contribution >= 0.6 is 23.1 Å². The quantitative estimate of drug-likeness (QED) is 0.518. The van der Waals surface area contributed by atoms with Crippen molar-refractivity contribution in [3.63, 3.8) is 0 Å². The van der Waals surface area contributed by atoms with Gasteiger partial charge in [-0.15, -0.1) is 0 Å². The van der Waals surface area contributed by atoms with Gasteiger partial charge in [-0.1, -0.05) is 35.2 Å². The molecule has 0 radical (unpaired) electrons. The second-order valence-electron chi connectivity index (χ2n) is 4.23. The van der Waals surface area contributed by atoms with Crippen molar-refractivity contribution in [1.29, 1.82) is 0 Å². The number of nitrogens with zero attached hydrogens (tertiary/aromatic N) is 2. The van der Waals surface area contributed by atoms with Crippen LogP contribution in [0.15, 0.2) is 45.9 Å². The highest BCUT2D eigenvalue weighted by Crippen LogP contribution is 2.25. The van der Waals surface area contributed by atoms with Gasteiger partial charge in [0, 0.05) is 0 Å². The van der Waals surface area contributed by atoms with E-state index in [-0.39, 0.29) is 5.75 Å². The van der Waals surface area contributed by atoms with Crippen LogP contribution < -0.4 is 5.43 Å². The summed E-state index contributed by atoms with van der Waals surface area (Å²) in [5.74, 6) is -1.27. The van der Waals surface area contributed by atoms with Crippen molar-refractivity contribution in [2.24, 2.45) is 5.10 Å². The summed E-state index contributed by atoms with van der Waals surface area (Å²) in [5.41, 5.74) is 3.75. The first-order valence-electron chi connectivity index (χ1n) is 6.34. The second kappa shape index (κ2) is 6.89. The molecule has 0 aliphatic rings. The summed E-state index contributed by atoms with van der Waals surface area (Å²) in [5, 5.41) is 4.72. The molecule has 3 aromatic rings. The molecule has 0 spiro atoms. The fourth-order valence-electron chi connectivity index (χ4n) is 1.76. The number of halogens is 2. The number of rotatable bonds is 6. The first kappa shape index (κ1) is 15.0. The first-order chi connectivity index (χ1) is 10.7. The third-order valence-corrected chi connectivity index (χ3v) is 4.32. The molecule has 1 aromatic carbocycles. The van der Waals surface area contributed by atoms with Crippen LogP contribution in [-0.2, 0) is 5.75 Å². The molecule has 0 saturated heterocycles. The molecule has 22 heavy (non-hydrogen) atoms. The fraction of sp³-hybridized carbons (Fsp3) is 0.143. The van der Waals surface area contributed by atoms with E-state index < -0.39 is 5.76 Å². The topological polar surface area (TPSA) is 50.4 Å². The minimum atomic E-state index is -2.40. The number of hydrogen-bond acceptors (Lipinski definition) is 6. The maximum Gasteiger partial charge on any atom is 0.284 e. The predicted octanol–water partition coefficient (Wildman–Crippen LogP) is 4.79. The lowest BCUT2D eigenvalue weighted by Gasteiger charge is -1.95. The lowest BCUT2D eigenvalue weighted by atomic mass is 10.3. The van der Waals surface area contributed by atoms with Crippen molar-refractivity contribution in [3.05, 3.63) is 47.9 Å². The molecule has 1 N–H and O–H groups in total. The Bertz CT molecular complexity index is 752. The largest absolute Gasteiger partial charge is 0.459 e. The van der Waals surface area contributed by atoms with Gasteiger partial charge in [0.1, 0.15) is 11.5 Å². The summed E-state index contributed by atoms with van der Waals surface area (Å²) in [6.07, 6.45) is 1.49. The van der Waals surface area contributed by atoms with E-state index in [1.54, 1.807) is 12.1 Å². The number of aromatic nitrogens is 1. The van der Waals surface area contributed by atoms with E-state index in [2.05, 4.69) is 15.5 Å². The molecule has 0 unspecified atom stereocenters. The zero-order chi connectivity index (χ0) is 15.4. The number of thioether (sulfide) groups is 1. The molecule has 0 fully saturated rings. The van der Waals surface area contributed by atoms with Crippen molar-refractivity contribution < 1.29 is 13.2 Å². The lowest BCUT2D eigenvalue weighted by Crippen LogP contribution is -1.88. The number of para-hydroxylation sites is 1. The molecule has 8 heteroatoms. The summed E-state index contributed by atoms with van der Waals surface area (Å²) in [6.45, 7) is 0. The number of hydrazone groups is 1. The van der Waals surface area contributed by atoms with Gasteiger partial charge in [-0.2, -0.15) is 13.9 Å². The van der Waals surface area contributed by atoms with Crippen LogP contribution in [0.25, 0.3) is 10.2 Å². The van der Waals surface area contributed by atoms with Crippen molar-refractivity contribution in [2.45, 2.75) is 11.5 Å². The molecule has 0 amide bonds. The Morgan fingerprint density at radius 1 is 1.32 bits per heavy atom. The normalized spacial score (nSPS) is 11.8.